The highest BCUT2D eigenvalue weighted by Crippen LogP contribution is 2.38. The van der Waals surface area contributed by atoms with Crippen LogP contribution in [0.15, 0.2) is 42.0 Å². The number of rotatable bonds is 2. The molecule has 1 atom stereocenters. The topological polar surface area (TPSA) is 83.1 Å². The van der Waals surface area contributed by atoms with Crippen LogP contribution in [0.3, 0.4) is 0 Å². The highest BCUT2D eigenvalue weighted by molar-refractivity contribution is 5.93. The number of benzene rings is 1. The van der Waals surface area contributed by atoms with E-state index >= 15 is 0 Å². The number of hydrogen-bond acceptors (Lipinski definition) is 5. The van der Waals surface area contributed by atoms with E-state index in [2.05, 4.69) is 4.74 Å². The van der Waals surface area contributed by atoms with Crippen LogP contribution in [-0.2, 0) is 14.3 Å². The summed E-state index contributed by atoms with van der Waals surface area (Å²) in [7, 11) is 1.19. The first-order valence-corrected chi connectivity index (χ1v) is 5.52. The average molecular weight is 254 g/mol. The largest absolute Gasteiger partial charge is 0.466 e. The summed E-state index contributed by atoms with van der Waals surface area (Å²) in [6.07, 6.45) is 0.836. The summed E-state index contributed by atoms with van der Waals surface area (Å²) in [6, 6.07) is 12.5. The van der Waals surface area contributed by atoms with Gasteiger partial charge in [-0.05, 0) is 11.6 Å². The molecule has 0 N–H and O–H groups in total. The third kappa shape index (κ3) is 2.08. The van der Waals surface area contributed by atoms with Crippen LogP contribution in [0.4, 0.5) is 0 Å². The number of ether oxygens (including phenoxy) is 2. The number of hydrogen-bond donors (Lipinski definition) is 0. The van der Waals surface area contributed by atoms with E-state index in [-0.39, 0.29) is 5.57 Å². The van der Waals surface area contributed by atoms with Gasteiger partial charge >= 0.3 is 5.97 Å². The second-order valence-corrected chi connectivity index (χ2v) is 3.93. The predicted octanol–water partition coefficient (Wildman–Crippen LogP) is 1.64. The highest BCUT2D eigenvalue weighted by atomic mass is 16.5. The van der Waals surface area contributed by atoms with Gasteiger partial charge in [-0.25, -0.2) is 4.79 Å². The van der Waals surface area contributed by atoms with E-state index in [0.717, 1.165) is 5.56 Å². The molecule has 5 nitrogen and oxygen atoms in total. The highest BCUT2D eigenvalue weighted by Gasteiger charge is 2.48. The van der Waals surface area contributed by atoms with Crippen molar-refractivity contribution in [1.82, 2.24) is 0 Å². The van der Waals surface area contributed by atoms with Gasteiger partial charge in [-0.15, -0.1) is 0 Å². The van der Waals surface area contributed by atoms with Crippen molar-refractivity contribution in [2.24, 2.45) is 0 Å². The maximum absolute atomic E-state index is 11.7. The molecule has 0 amide bonds. The van der Waals surface area contributed by atoms with E-state index in [0.29, 0.717) is 0 Å². The fraction of sp³-hybridized carbons (Fsp3) is 0.214. The lowest BCUT2D eigenvalue weighted by Crippen LogP contribution is -2.31. The van der Waals surface area contributed by atoms with Crippen molar-refractivity contribution in [3.8, 4) is 12.1 Å². The molecule has 0 aliphatic carbocycles. The maximum atomic E-state index is 11.7. The Labute approximate surface area is 110 Å². The van der Waals surface area contributed by atoms with Gasteiger partial charge in [0.2, 0.25) is 0 Å². The van der Waals surface area contributed by atoms with Gasteiger partial charge in [0.1, 0.15) is 18.2 Å². The SMILES string of the molecule is COC(=O)C1=CC(c2ccccc2)OC1(C#N)C#N. The van der Waals surface area contributed by atoms with Crippen LogP contribution in [-0.4, -0.2) is 18.7 Å². The zero-order chi connectivity index (χ0) is 13.9. The molecule has 1 aromatic carbocycles. The Morgan fingerprint density at radius 3 is 2.47 bits per heavy atom. The van der Waals surface area contributed by atoms with Crippen LogP contribution in [0.2, 0.25) is 0 Å². The van der Waals surface area contributed by atoms with E-state index in [4.69, 9.17) is 15.3 Å². The van der Waals surface area contributed by atoms with E-state index in [9.17, 15) is 4.79 Å². The number of esters is 1. The molecule has 0 saturated heterocycles. The molecule has 0 saturated carbocycles. The first-order chi connectivity index (χ1) is 9.16. The van der Waals surface area contributed by atoms with Gasteiger partial charge in [0.05, 0.1) is 12.7 Å². The lowest BCUT2D eigenvalue weighted by Gasteiger charge is -2.17. The van der Waals surface area contributed by atoms with Crippen LogP contribution < -0.4 is 0 Å². The summed E-state index contributed by atoms with van der Waals surface area (Å²) in [5.74, 6) is -0.735. The Kier molecular flexibility index (Phi) is 3.33. The smallest absolute Gasteiger partial charge is 0.338 e. The van der Waals surface area contributed by atoms with Crippen molar-refractivity contribution in [3.05, 3.63) is 47.5 Å². The molecule has 0 spiro atoms. The Bertz CT molecular complexity index is 594. The van der Waals surface area contributed by atoms with Crippen LogP contribution in [0.1, 0.15) is 11.7 Å². The zero-order valence-corrected chi connectivity index (χ0v) is 10.2. The van der Waals surface area contributed by atoms with Crippen LogP contribution in [0.25, 0.3) is 0 Å². The quantitative estimate of drug-likeness (QED) is 0.749. The van der Waals surface area contributed by atoms with E-state index in [1.807, 2.05) is 18.2 Å². The first-order valence-electron chi connectivity index (χ1n) is 5.52. The molecule has 1 aromatic rings. The molecule has 1 unspecified atom stereocenters. The molecular weight excluding hydrogens is 244 g/mol. The molecule has 1 aliphatic rings. The van der Waals surface area contributed by atoms with Gasteiger partial charge in [-0.3, -0.25) is 0 Å². The fourth-order valence-electron chi connectivity index (χ4n) is 1.88. The van der Waals surface area contributed by atoms with Gasteiger partial charge in [-0.2, -0.15) is 10.5 Å². The molecule has 0 bridgehead atoms. The first kappa shape index (κ1) is 12.8. The molecule has 1 aliphatic heterocycles. The molecule has 0 aromatic heterocycles. The molecule has 0 radical (unpaired) electrons. The predicted molar refractivity (Wildman–Crippen MR) is 64.3 cm³/mol. The van der Waals surface area contributed by atoms with Crippen LogP contribution >= 0.6 is 0 Å². The molecule has 1 heterocycles. The number of nitriles is 2. The molecule has 0 fully saturated rings. The van der Waals surface area contributed by atoms with E-state index < -0.39 is 17.7 Å². The Hall–Kier alpha value is -2.63. The minimum Gasteiger partial charge on any atom is -0.466 e. The Morgan fingerprint density at radius 2 is 1.95 bits per heavy atom. The average Bonchev–Trinajstić information content (AvgIpc) is 2.87. The summed E-state index contributed by atoms with van der Waals surface area (Å²) in [5.41, 5.74) is -1.22. The van der Waals surface area contributed by atoms with Crippen LogP contribution in [0, 0.1) is 22.7 Å². The maximum Gasteiger partial charge on any atom is 0.338 e. The van der Waals surface area contributed by atoms with Gasteiger partial charge in [0, 0.05) is 0 Å². The Balaban J connectivity index is 2.45. The third-order valence-corrected chi connectivity index (χ3v) is 2.85. The van der Waals surface area contributed by atoms with Crippen molar-refractivity contribution >= 4 is 5.97 Å². The lowest BCUT2D eigenvalue weighted by atomic mass is 9.98. The zero-order valence-electron chi connectivity index (χ0n) is 10.2. The second kappa shape index (κ2) is 4.93. The fourth-order valence-corrected chi connectivity index (χ4v) is 1.88. The monoisotopic (exact) mass is 254 g/mol. The molecule has 19 heavy (non-hydrogen) atoms. The minimum absolute atomic E-state index is 0.0751. The van der Waals surface area contributed by atoms with E-state index in [1.165, 1.54) is 13.2 Å². The molecular formula is C14H10N2O3. The van der Waals surface area contributed by atoms with Gasteiger partial charge in [0.25, 0.3) is 5.60 Å². The van der Waals surface area contributed by atoms with E-state index in [1.54, 1.807) is 24.3 Å². The van der Waals surface area contributed by atoms with Crippen molar-refractivity contribution in [2.75, 3.05) is 7.11 Å². The number of methoxy groups -OCH3 is 1. The summed E-state index contributed by atoms with van der Waals surface area (Å²) < 4.78 is 10.0. The van der Waals surface area contributed by atoms with Gasteiger partial charge in [0.15, 0.2) is 0 Å². The van der Waals surface area contributed by atoms with Crippen molar-refractivity contribution in [2.45, 2.75) is 11.7 Å². The summed E-state index contributed by atoms with van der Waals surface area (Å²) in [4.78, 5) is 11.7. The molecule has 5 heteroatoms. The minimum atomic E-state index is -1.91. The summed E-state index contributed by atoms with van der Waals surface area (Å²) >= 11 is 0. The normalized spacial score (nSPS) is 19.9. The van der Waals surface area contributed by atoms with Crippen molar-refractivity contribution in [1.29, 1.82) is 10.5 Å². The van der Waals surface area contributed by atoms with Crippen LogP contribution in [0.5, 0.6) is 0 Å². The number of carbonyl (C=O) groups is 1. The number of carbonyl (C=O) groups excluding carboxylic acids is 1. The summed E-state index contributed by atoms with van der Waals surface area (Å²) in [6.45, 7) is 0. The third-order valence-electron chi connectivity index (χ3n) is 2.85. The van der Waals surface area contributed by atoms with Crippen molar-refractivity contribution < 1.29 is 14.3 Å². The molecule has 94 valence electrons. The summed E-state index contributed by atoms with van der Waals surface area (Å²) in [5, 5.41) is 18.3. The standard InChI is InChI=1S/C14H10N2O3/c1-18-13(17)11-7-12(10-5-3-2-4-6-10)19-14(11,8-15)9-16/h2-7,12H,1H3. The van der Waals surface area contributed by atoms with Crippen molar-refractivity contribution in [3.63, 3.8) is 0 Å². The van der Waals surface area contributed by atoms with Gasteiger partial charge < -0.3 is 9.47 Å². The second-order valence-electron chi connectivity index (χ2n) is 3.93. The number of nitrogens with zero attached hydrogens (tertiary/aromatic N) is 2. The molecule has 2 rings (SSSR count). The Morgan fingerprint density at radius 1 is 1.32 bits per heavy atom. The van der Waals surface area contributed by atoms with Gasteiger partial charge in [-0.1, -0.05) is 30.3 Å². The lowest BCUT2D eigenvalue weighted by molar-refractivity contribution is -0.137.